The van der Waals surface area contributed by atoms with Crippen LogP contribution in [-0.2, 0) is 16.0 Å². The second-order valence-electron chi connectivity index (χ2n) is 8.74. The normalized spacial score (nSPS) is 14.0. The fourth-order valence-electron chi connectivity index (χ4n) is 4.07. The van der Waals surface area contributed by atoms with Crippen molar-refractivity contribution >= 4 is 29.7 Å². The fourth-order valence-corrected chi connectivity index (χ4v) is 4.07. The van der Waals surface area contributed by atoms with Crippen LogP contribution in [0.15, 0.2) is 77.8 Å². The first-order valence-corrected chi connectivity index (χ1v) is 11.8. The van der Waals surface area contributed by atoms with E-state index in [1.54, 1.807) is 37.4 Å². The van der Waals surface area contributed by atoms with Gasteiger partial charge in [-0.15, -0.1) is 0 Å². The first kappa shape index (κ1) is 24.1. The smallest absolute Gasteiger partial charge is 0.329 e. The Hall–Kier alpha value is -4.06. The van der Waals surface area contributed by atoms with Gasteiger partial charge in [0.15, 0.2) is 0 Å². The number of amides is 2. The number of esters is 1. The minimum absolute atomic E-state index is 0.157. The van der Waals surface area contributed by atoms with Crippen LogP contribution in [0.1, 0.15) is 64.1 Å². The van der Waals surface area contributed by atoms with Gasteiger partial charge in [-0.3, -0.25) is 19.5 Å². The molecular formula is C29H28N2O4. The molecule has 0 radical (unpaired) electrons. The third-order valence-corrected chi connectivity index (χ3v) is 6.03. The van der Waals surface area contributed by atoms with Gasteiger partial charge in [0.2, 0.25) is 0 Å². The van der Waals surface area contributed by atoms with Crippen molar-refractivity contribution in [3.63, 3.8) is 0 Å². The van der Waals surface area contributed by atoms with E-state index in [-0.39, 0.29) is 13.0 Å². The average molecular weight is 469 g/mol. The lowest BCUT2D eigenvalue weighted by atomic mass is 10.0. The van der Waals surface area contributed by atoms with Crippen molar-refractivity contribution in [2.24, 2.45) is 4.99 Å². The highest BCUT2D eigenvalue weighted by Crippen LogP contribution is 2.27. The van der Waals surface area contributed by atoms with E-state index in [0.29, 0.717) is 17.0 Å². The monoisotopic (exact) mass is 468 g/mol. The van der Waals surface area contributed by atoms with E-state index in [2.05, 4.69) is 31.0 Å². The summed E-state index contributed by atoms with van der Waals surface area (Å²) in [4.78, 5) is 44.2. The van der Waals surface area contributed by atoms with Crippen molar-refractivity contribution in [3.8, 4) is 0 Å². The molecular weight excluding hydrogens is 440 g/mol. The maximum atomic E-state index is 13.0. The third-order valence-electron chi connectivity index (χ3n) is 6.03. The Kier molecular flexibility index (Phi) is 7.20. The Morgan fingerprint density at radius 3 is 2.06 bits per heavy atom. The molecule has 1 aliphatic rings. The lowest BCUT2D eigenvalue weighted by molar-refractivity contribution is -0.147. The van der Waals surface area contributed by atoms with Gasteiger partial charge in [-0.05, 0) is 53.8 Å². The summed E-state index contributed by atoms with van der Waals surface area (Å²) in [5, 5.41) is 0. The van der Waals surface area contributed by atoms with Crippen LogP contribution < -0.4 is 0 Å². The standard InChI is InChI=1S/C29H28N2O4/c1-4-35-29(34)26(31-27(32)24-7-5-6-8-25(24)28(31)33)17-20-11-15-23(16-12-20)30-18-21-9-13-22(14-10-21)19(2)3/h5-16,18-19,26H,4,17H2,1-3H3/t26-/m0/s1. The summed E-state index contributed by atoms with van der Waals surface area (Å²) in [6, 6.07) is 21.2. The van der Waals surface area contributed by atoms with Crippen LogP contribution in [0.3, 0.4) is 0 Å². The molecule has 3 aromatic rings. The van der Waals surface area contributed by atoms with Crippen LogP contribution in [0.5, 0.6) is 0 Å². The van der Waals surface area contributed by atoms with Gasteiger partial charge in [0.1, 0.15) is 6.04 Å². The van der Waals surface area contributed by atoms with Crippen LogP contribution in [0, 0.1) is 0 Å². The average Bonchev–Trinajstić information content (AvgIpc) is 3.12. The zero-order valence-electron chi connectivity index (χ0n) is 20.1. The van der Waals surface area contributed by atoms with Gasteiger partial charge in [0.05, 0.1) is 23.4 Å². The largest absolute Gasteiger partial charge is 0.464 e. The lowest BCUT2D eigenvalue weighted by Gasteiger charge is -2.24. The predicted molar refractivity (Wildman–Crippen MR) is 135 cm³/mol. The van der Waals surface area contributed by atoms with E-state index >= 15 is 0 Å². The molecule has 1 heterocycles. The fraction of sp³-hybridized carbons (Fsp3) is 0.241. The van der Waals surface area contributed by atoms with Crippen molar-refractivity contribution in [1.29, 1.82) is 0 Å². The zero-order valence-corrected chi connectivity index (χ0v) is 20.1. The Bertz CT molecular complexity index is 1230. The number of imide groups is 1. The molecule has 0 unspecified atom stereocenters. The molecule has 6 heteroatoms. The molecule has 35 heavy (non-hydrogen) atoms. The number of fused-ring (bicyclic) bond motifs is 1. The molecule has 0 aliphatic carbocycles. The quantitative estimate of drug-likeness (QED) is 0.254. The van der Waals surface area contributed by atoms with Crippen LogP contribution in [0.2, 0.25) is 0 Å². The Balaban J connectivity index is 1.51. The van der Waals surface area contributed by atoms with Crippen molar-refractivity contribution in [2.75, 3.05) is 6.61 Å². The van der Waals surface area contributed by atoms with Crippen LogP contribution >= 0.6 is 0 Å². The maximum Gasteiger partial charge on any atom is 0.329 e. The minimum Gasteiger partial charge on any atom is -0.464 e. The number of rotatable bonds is 8. The van der Waals surface area contributed by atoms with Gasteiger partial charge in [-0.2, -0.15) is 0 Å². The Labute approximate surface area is 205 Å². The molecule has 0 N–H and O–H groups in total. The summed E-state index contributed by atoms with van der Waals surface area (Å²) in [6.07, 6.45) is 1.96. The summed E-state index contributed by atoms with van der Waals surface area (Å²) in [5.41, 5.74) is 4.44. The third kappa shape index (κ3) is 5.22. The van der Waals surface area contributed by atoms with E-state index in [9.17, 15) is 14.4 Å². The van der Waals surface area contributed by atoms with Crippen molar-refractivity contribution < 1.29 is 19.1 Å². The Morgan fingerprint density at radius 2 is 1.51 bits per heavy atom. The van der Waals surface area contributed by atoms with E-state index in [1.165, 1.54) is 5.56 Å². The molecule has 178 valence electrons. The van der Waals surface area contributed by atoms with E-state index in [0.717, 1.165) is 21.7 Å². The minimum atomic E-state index is -1.05. The van der Waals surface area contributed by atoms with Gasteiger partial charge in [-0.25, -0.2) is 4.79 Å². The molecule has 1 atom stereocenters. The van der Waals surface area contributed by atoms with E-state index < -0.39 is 23.8 Å². The summed E-state index contributed by atoms with van der Waals surface area (Å²) in [5.74, 6) is -1.08. The summed E-state index contributed by atoms with van der Waals surface area (Å²) >= 11 is 0. The number of carbonyl (C=O) groups is 3. The highest BCUT2D eigenvalue weighted by molar-refractivity contribution is 6.22. The summed E-state index contributed by atoms with van der Waals surface area (Å²) in [6.45, 7) is 6.17. The number of aliphatic imine (C=N–C) groups is 1. The van der Waals surface area contributed by atoms with Crippen molar-refractivity contribution in [1.82, 2.24) is 4.90 Å². The number of hydrogen-bond acceptors (Lipinski definition) is 5. The van der Waals surface area contributed by atoms with Gasteiger partial charge < -0.3 is 4.74 Å². The number of ether oxygens (including phenoxy) is 1. The molecule has 3 aromatic carbocycles. The molecule has 6 nitrogen and oxygen atoms in total. The van der Waals surface area contributed by atoms with Gasteiger partial charge in [0.25, 0.3) is 11.8 Å². The topological polar surface area (TPSA) is 76.0 Å². The van der Waals surface area contributed by atoms with Crippen LogP contribution in [-0.4, -0.2) is 41.5 Å². The maximum absolute atomic E-state index is 13.0. The molecule has 2 amide bonds. The van der Waals surface area contributed by atoms with E-state index in [4.69, 9.17) is 4.74 Å². The highest BCUT2D eigenvalue weighted by atomic mass is 16.5. The SMILES string of the molecule is CCOC(=O)[C@H](Cc1ccc(N=Cc2ccc(C(C)C)cc2)cc1)N1C(=O)c2ccccc2C1=O. The highest BCUT2D eigenvalue weighted by Gasteiger charge is 2.43. The molecule has 0 saturated heterocycles. The number of hydrogen-bond donors (Lipinski definition) is 0. The molecule has 0 bridgehead atoms. The molecule has 4 rings (SSSR count). The van der Waals surface area contributed by atoms with Crippen LogP contribution in [0.4, 0.5) is 5.69 Å². The molecule has 0 spiro atoms. The summed E-state index contributed by atoms with van der Waals surface area (Å²) < 4.78 is 5.21. The number of carbonyl (C=O) groups excluding carboxylic acids is 3. The molecule has 0 saturated carbocycles. The molecule has 1 aliphatic heterocycles. The van der Waals surface area contributed by atoms with Gasteiger partial charge >= 0.3 is 5.97 Å². The predicted octanol–water partition coefficient (Wildman–Crippen LogP) is 5.33. The second kappa shape index (κ2) is 10.5. The number of benzene rings is 3. The second-order valence-corrected chi connectivity index (χ2v) is 8.74. The lowest BCUT2D eigenvalue weighted by Crippen LogP contribution is -2.47. The van der Waals surface area contributed by atoms with E-state index in [1.807, 2.05) is 36.4 Å². The Morgan fingerprint density at radius 1 is 0.914 bits per heavy atom. The van der Waals surface area contributed by atoms with Gasteiger partial charge in [0, 0.05) is 12.6 Å². The zero-order chi connectivity index (χ0) is 24.9. The number of nitrogens with zero attached hydrogens (tertiary/aromatic N) is 2. The van der Waals surface area contributed by atoms with Gasteiger partial charge in [-0.1, -0.05) is 62.4 Å². The van der Waals surface area contributed by atoms with Crippen molar-refractivity contribution in [3.05, 3.63) is 101 Å². The molecule has 0 aromatic heterocycles. The van der Waals surface area contributed by atoms with Crippen LogP contribution in [0.25, 0.3) is 0 Å². The van der Waals surface area contributed by atoms with Crippen molar-refractivity contribution in [2.45, 2.75) is 39.2 Å². The summed E-state index contributed by atoms with van der Waals surface area (Å²) in [7, 11) is 0. The molecule has 0 fully saturated rings. The first-order chi connectivity index (χ1) is 16.9. The first-order valence-electron chi connectivity index (χ1n) is 11.8.